The van der Waals surface area contributed by atoms with Gasteiger partial charge < -0.3 is 5.32 Å². The van der Waals surface area contributed by atoms with Crippen molar-refractivity contribution in [1.29, 1.82) is 0 Å². The van der Waals surface area contributed by atoms with Crippen LogP contribution in [0.3, 0.4) is 0 Å². The highest BCUT2D eigenvalue weighted by atomic mass is 32.1. The Bertz CT molecular complexity index is 717. The van der Waals surface area contributed by atoms with Crippen LogP contribution in [-0.2, 0) is 11.2 Å². The van der Waals surface area contributed by atoms with E-state index in [0.717, 1.165) is 16.1 Å². The topological polar surface area (TPSA) is 58.5 Å². The number of aliphatic imine (C=N–C) groups is 1. The summed E-state index contributed by atoms with van der Waals surface area (Å²) in [7, 11) is 0. The average Bonchev–Trinajstić information content (AvgIpc) is 3.04. The Kier molecular flexibility index (Phi) is 3.20. The van der Waals surface area contributed by atoms with Crippen molar-refractivity contribution in [2.24, 2.45) is 4.99 Å². The predicted octanol–water partition coefficient (Wildman–Crippen LogP) is 2.70. The molecule has 20 heavy (non-hydrogen) atoms. The smallest absolute Gasteiger partial charge is 0.222 e. The Hall–Kier alpha value is -2.27. The summed E-state index contributed by atoms with van der Waals surface area (Å²) in [4.78, 5) is 28.4. The third kappa shape index (κ3) is 2.40. The lowest BCUT2D eigenvalue weighted by molar-refractivity contribution is -0.117. The van der Waals surface area contributed by atoms with Gasteiger partial charge in [0.05, 0.1) is 10.6 Å². The Labute approximate surface area is 120 Å². The predicted molar refractivity (Wildman–Crippen MR) is 78.8 cm³/mol. The Morgan fingerprint density at radius 2 is 2.15 bits per heavy atom. The second kappa shape index (κ2) is 5.02. The molecular weight excluding hydrogens is 272 g/mol. The summed E-state index contributed by atoms with van der Waals surface area (Å²) in [6.07, 6.45) is 0.556. The van der Waals surface area contributed by atoms with E-state index in [1.54, 1.807) is 6.07 Å². The van der Waals surface area contributed by atoms with Gasteiger partial charge >= 0.3 is 0 Å². The first-order valence-electron chi connectivity index (χ1n) is 6.20. The fourth-order valence-corrected chi connectivity index (χ4v) is 2.85. The summed E-state index contributed by atoms with van der Waals surface area (Å²) in [5.41, 5.74) is 2.44. The quantitative estimate of drug-likeness (QED) is 0.862. The maximum absolute atomic E-state index is 12.3. The van der Waals surface area contributed by atoms with Crippen molar-refractivity contribution in [1.82, 2.24) is 5.32 Å². The Morgan fingerprint density at radius 3 is 2.85 bits per heavy atom. The molecule has 0 spiro atoms. The van der Waals surface area contributed by atoms with Gasteiger partial charge in [-0.05, 0) is 35.2 Å². The van der Waals surface area contributed by atoms with Gasteiger partial charge in [-0.25, -0.2) is 4.99 Å². The molecule has 1 aromatic heterocycles. The van der Waals surface area contributed by atoms with Gasteiger partial charge in [-0.1, -0.05) is 6.07 Å². The van der Waals surface area contributed by atoms with Crippen molar-refractivity contribution >= 4 is 34.6 Å². The van der Waals surface area contributed by atoms with E-state index in [1.807, 2.05) is 29.6 Å². The molecule has 1 aliphatic heterocycles. The van der Waals surface area contributed by atoms with Gasteiger partial charge in [-0.15, -0.1) is 11.3 Å². The number of amides is 1. The minimum Gasteiger partial charge on any atom is -0.314 e. The average molecular weight is 284 g/mol. The molecule has 3 rings (SSSR count). The molecule has 0 fully saturated rings. The maximum Gasteiger partial charge on any atom is 0.222 e. The highest BCUT2D eigenvalue weighted by Crippen LogP contribution is 2.28. The van der Waals surface area contributed by atoms with E-state index in [1.165, 1.54) is 18.3 Å². The molecule has 2 heterocycles. The molecule has 2 aromatic rings. The number of nitrogens with zero attached hydrogens (tertiary/aromatic N) is 1. The fraction of sp³-hybridized carbons (Fsp3) is 0.133. The number of ketones is 1. The van der Waals surface area contributed by atoms with E-state index in [9.17, 15) is 9.59 Å². The van der Waals surface area contributed by atoms with Crippen molar-refractivity contribution in [2.75, 3.05) is 0 Å². The van der Waals surface area contributed by atoms with Crippen LogP contribution >= 0.6 is 11.3 Å². The van der Waals surface area contributed by atoms with Gasteiger partial charge in [0.25, 0.3) is 0 Å². The van der Waals surface area contributed by atoms with Gasteiger partial charge in [0, 0.05) is 18.9 Å². The number of rotatable bonds is 2. The number of amidine groups is 1. The number of hydrogen-bond acceptors (Lipinski definition) is 4. The molecule has 1 aliphatic rings. The van der Waals surface area contributed by atoms with Crippen molar-refractivity contribution < 1.29 is 9.59 Å². The van der Waals surface area contributed by atoms with Gasteiger partial charge in [0.1, 0.15) is 5.84 Å². The van der Waals surface area contributed by atoms with E-state index >= 15 is 0 Å². The largest absolute Gasteiger partial charge is 0.314 e. The molecule has 0 radical (unpaired) electrons. The monoisotopic (exact) mass is 284 g/mol. The third-order valence-electron chi connectivity index (χ3n) is 3.02. The first-order chi connectivity index (χ1) is 9.63. The van der Waals surface area contributed by atoms with Crippen LogP contribution in [-0.4, -0.2) is 17.5 Å². The van der Waals surface area contributed by atoms with Gasteiger partial charge in [0.15, 0.2) is 0 Å². The maximum atomic E-state index is 12.3. The molecule has 100 valence electrons. The Balaban J connectivity index is 1.85. The van der Waals surface area contributed by atoms with E-state index in [2.05, 4.69) is 10.3 Å². The number of thiophene rings is 1. The van der Waals surface area contributed by atoms with Crippen molar-refractivity contribution in [3.63, 3.8) is 0 Å². The zero-order valence-corrected chi connectivity index (χ0v) is 11.7. The second-order valence-electron chi connectivity index (χ2n) is 4.57. The van der Waals surface area contributed by atoms with Gasteiger partial charge in [0.2, 0.25) is 11.7 Å². The standard InChI is InChI=1S/C15H12N2O2S/c1-9(18)16-14-8-11-7-10(4-5-12(11)17-14)15(19)13-3-2-6-20-13/h2-7H,8H2,1H3,(H,16,17,18). The van der Waals surface area contributed by atoms with E-state index in [4.69, 9.17) is 0 Å². The summed E-state index contributed by atoms with van der Waals surface area (Å²) in [5.74, 6) is 0.524. The van der Waals surface area contributed by atoms with Crippen LogP contribution in [0, 0.1) is 0 Å². The molecule has 4 nitrogen and oxygen atoms in total. The highest BCUT2D eigenvalue weighted by molar-refractivity contribution is 7.12. The molecule has 0 unspecified atom stereocenters. The van der Waals surface area contributed by atoms with E-state index in [-0.39, 0.29) is 11.7 Å². The highest BCUT2D eigenvalue weighted by Gasteiger charge is 2.18. The minimum absolute atomic E-state index is 0.0239. The van der Waals surface area contributed by atoms with Crippen LogP contribution in [0.5, 0.6) is 0 Å². The zero-order valence-electron chi connectivity index (χ0n) is 10.8. The molecule has 0 atom stereocenters. The van der Waals surface area contributed by atoms with Gasteiger partial charge in [-0.3, -0.25) is 9.59 Å². The summed E-state index contributed by atoms with van der Waals surface area (Å²) in [6, 6.07) is 9.14. The molecular formula is C15H12N2O2S. The number of fused-ring (bicyclic) bond motifs is 1. The third-order valence-corrected chi connectivity index (χ3v) is 3.89. The van der Waals surface area contributed by atoms with Crippen LogP contribution < -0.4 is 5.32 Å². The summed E-state index contributed by atoms with van der Waals surface area (Å²) in [6.45, 7) is 1.46. The number of benzene rings is 1. The number of nitrogens with one attached hydrogen (secondary N) is 1. The van der Waals surface area contributed by atoms with Crippen LogP contribution in [0.25, 0.3) is 0 Å². The zero-order chi connectivity index (χ0) is 14.1. The summed E-state index contributed by atoms with van der Waals surface area (Å²) < 4.78 is 0. The lowest BCUT2D eigenvalue weighted by Crippen LogP contribution is -2.27. The first-order valence-corrected chi connectivity index (χ1v) is 7.08. The van der Waals surface area contributed by atoms with Crippen LogP contribution in [0.2, 0.25) is 0 Å². The van der Waals surface area contributed by atoms with Crippen LogP contribution in [0.15, 0.2) is 40.7 Å². The normalized spacial score (nSPS) is 12.8. The van der Waals surface area contributed by atoms with Crippen LogP contribution in [0.1, 0.15) is 27.7 Å². The van der Waals surface area contributed by atoms with Gasteiger partial charge in [-0.2, -0.15) is 0 Å². The molecule has 1 amide bonds. The number of hydrogen-bond donors (Lipinski definition) is 1. The van der Waals surface area contributed by atoms with Crippen molar-refractivity contribution in [2.45, 2.75) is 13.3 Å². The van der Waals surface area contributed by atoms with Crippen molar-refractivity contribution in [3.8, 4) is 0 Å². The van der Waals surface area contributed by atoms with E-state index in [0.29, 0.717) is 17.8 Å². The fourth-order valence-electron chi connectivity index (χ4n) is 2.17. The number of carbonyl (C=O) groups excluding carboxylic acids is 2. The molecule has 0 saturated heterocycles. The Morgan fingerprint density at radius 1 is 1.30 bits per heavy atom. The lowest BCUT2D eigenvalue weighted by atomic mass is 10.0. The molecule has 1 N–H and O–H groups in total. The lowest BCUT2D eigenvalue weighted by Gasteiger charge is -2.02. The SMILES string of the molecule is CC(=O)NC1=Nc2ccc(C(=O)c3cccs3)cc2C1. The first kappa shape index (κ1) is 12.7. The molecule has 1 aromatic carbocycles. The van der Waals surface area contributed by atoms with Crippen LogP contribution in [0.4, 0.5) is 5.69 Å². The molecule has 0 bridgehead atoms. The summed E-state index contributed by atoms with van der Waals surface area (Å²) in [5, 5.41) is 4.58. The minimum atomic E-state index is -0.133. The molecule has 5 heteroatoms. The van der Waals surface area contributed by atoms with Crippen molar-refractivity contribution in [3.05, 3.63) is 51.7 Å². The second-order valence-corrected chi connectivity index (χ2v) is 5.51. The molecule has 0 aliphatic carbocycles. The number of carbonyl (C=O) groups is 2. The van der Waals surface area contributed by atoms with E-state index < -0.39 is 0 Å². The molecule has 0 saturated carbocycles. The summed E-state index contributed by atoms with van der Waals surface area (Å²) >= 11 is 1.43.